The second-order valence-corrected chi connectivity index (χ2v) is 6.04. The molecule has 0 saturated heterocycles. The van der Waals surface area contributed by atoms with Gasteiger partial charge in [-0.25, -0.2) is 0 Å². The van der Waals surface area contributed by atoms with Gasteiger partial charge in [0.1, 0.15) is 5.75 Å². The fraction of sp³-hybridized carbons (Fsp3) is 0.316. The molecule has 1 atom stereocenters. The van der Waals surface area contributed by atoms with Gasteiger partial charge in [0.05, 0.1) is 14.2 Å². The number of benzene rings is 2. The molecule has 0 aromatic heterocycles. The number of methoxy groups -OCH3 is 2. The van der Waals surface area contributed by atoms with Gasteiger partial charge in [-0.05, 0) is 42.8 Å². The lowest BCUT2D eigenvalue weighted by Gasteiger charge is -2.22. The van der Waals surface area contributed by atoms with Gasteiger partial charge >= 0.3 is 0 Å². The van der Waals surface area contributed by atoms with Crippen molar-refractivity contribution in [3.63, 3.8) is 0 Å². The fourth-order valence-corrected chi connectivity index (χ4v) is 2.62. The van der Waals surface area contributed by atoms with Gasteiger partial charge in [0.25, 0.3) is 5.91 Å². The number of carbonyl (C=O) groups is 1. The van der Waals surface area contributed by atoms with E-state index in [-0.39, 0.29) is 5.91 Å². The minimum absolute atomic E-state index is 0.130. The predicted octanol–water partition coefficient (Wildman–Crippen LogP) is 3.78. The minimum atomic E-state index is -0.622. The van der Waals surface area contributed by atoms with Crippen LogP contribution in [0.5, 0.6) is 17.2 Å². The molecular formula is C19H22ClNO4. The molecule has 1 amide bonds. The molecule has 0 N–H and O–H groups in total. The summed E-state index contributed by atoms with van der Waals surface area (Å²) in [5, 5.41) is 0.566. The molecule has 134 valence electrons. The highest BCUT2D eigenvalue weighted by Gasteiger charge is 2.20. The first kappa shape index (κ1) is 18.9. The van der Waals surface area contributed by atoms with Crippen LogP contribution in [-0.2, 0) is 11.3 Å². The summed E-state index contributed by atoms with van der Waals surface area (Å²) in [6.07, 6.45) is -0.622. The summed E-state index contributed by atoms with van der Waals surface area (Å²) >= 11 is 5.93. The highest BCUT2D eigenvalue weighted by atomic mass is 35.5. The van der Waals surface area contributed by atoms with E-state index in [2.05, 4.69) is 0 Å². The van der Waals surface area contributed by atoms with Crippen LogP contribution in [0.3, 0.4) is 0 Å². The lowest BCUT2D eigenvalue weighted by molar-refractivity contribution is -0.137. The third kappa shape index (κ3) is 5.03. The maximum atomic E-state index is 12.5. The number of amides is 1. The zero-order valence-corrected chi connectivity index (χ0v) is 15.5. The largest absolute Gasteiger partial charge is 0.493 e. The van der Waals surface area contributed by atoms with E-state index >= 15 is 0 Å². The van der Waals surface area contributed by atoms with Gasteiger partial charge in [0.2, 0.25) is 0 Å². The third-order valence-electron chi connectivity index (χ3n) is 3.70. The molecule has 0 fully saturated rings. The number of halogens is 1. The van der Waals surface area contributed by atoms with Gasteiger partial charge < -0.3 is 19.1 Å². The maximum absolute atomic E-state index is 12.5. The van der Waals surface area contributed by atoms with Crippen LogP contribution >= 0.6 is 11.6 Å². The van der Waals surface area contributed by atoms with Crippen molar-refractivity contribution < 1.29 is 19.0 Å². The Labute approximate surface area is 153 Å². The first-order valence-electron chi connectivity index (χ1n) is 7.82. The van der Waals surface area contributed by atoms with Crippen molar-refractivity contribution >= 4 is 17.5 Å². The molecule has 0 bridgehead atoms. The Kier molecular flexibility index (Phi) is 6.53. The molecule has 5 nitrogen and oxygen atoms in total. The molecule has 0 saturated carbocycles. The lowest BCUT2D eigenvalue weighted by Crippen LogP contribution is -2.37. The molecule has 0 unspecified atom stereocenters. The molecular weight excluding hydrogens is 342 g/mol. The van der Waals surface area contributed by atoms with Crippen LogP contribution in [-0.4, -0.2) is 38.2 Å². The smallest absolute Gasteiger partial charge is 0.263 e. The zero-order valence-electron chi connectivity index (χ0n) is 14.8. The highest BCUT2D eigenvalue weighted by molar-refractivity contribution is 6.30. The van der Waals surface area contributed by atoms with Crippen LogP contribution in [0, 0.1) is 0 Å². The molecule has 0 aliphatic carbocycles. The zero-order chi connectivity index (χ0) is 18.4. The summed E-state index contributed by atoms with van der Waals surface area (Å²) in [4.78, 5) is 14.1. The van der Waals surface area contributed by atoms with Crippen molar-refractivity contribution in [2.45, 2.75) is 19.6 Å². The van der Waals surface area contributed by atoms with E-state index in [0.29, 0.717) is 28.8 Å². The normalized spacial score (nSPS) is 11.6. The van der Waals surface area contributed by atoms with E-state index in [1.165, 1.54) is 0 Å². The molecule has 2 aromatic rings. The van der Waals surface area contributed by atoms with Crippen molar-refractivity contribution in [1.29, 1.82) is 0 Å². The van der Waals surface area contributed by atoms with Crippen LogP contribution in [0.4, 0.5) is 0 Å². The van der Waals surface area contributed by atoms with E-state index in [0.717, 1.165) is 5.56 Å². The number of hydrogen-bond donors (Lipinski definition) is 0. The van der Waals surface area contributed by atoms with Gasteiger partial charge in [-0.1, -0.05) is 23.7 Å². The molecule has 2 aromatic carbocycles. The number of ether oxygens (including phenoxy) is 3. The minimum Gasteiger partial charge on any atom is -0.493 e. The third-order valence-corrected chi connectivity index (χ3v) is 3.94. The molecule has 0 heterocycles. The van der Waals surface area contributed by atoms with Crippen molar-refractivity contribution in [2.24, 2.45) is 0 Å². The van der Waals surface area contributed by atoms with Gasteiger partial charge in [-0.15, -0.1) is 0 Å². The van der Waals surface area contributed by atoms with Gasteiger partial charge in [-0.2, -0.15) is 0 Å². The molecule has 2 rings (SSSR count). The summed E-state index contributed by atoms with van der Waals surface area (Å²) < 4.78 is 16.2. The van der Waals surface area contributed by atoms with E-state index in [4.69, 9.17) is 25.8 Å². The van der Waals surface area contributed by atoms with Crippen LogP contribution in [0.1, 0.15) is 12.5 Å². The molecule has 0 aliphatic heterocycles. The van der Waals surface area contributed by atoms with E-state index in [9.17, 15) is 4.79 Å². The van der Waals surface area contributed by atoms with Gasteiger partial charge in [0.15, 0.2) is 17.6 Å². The summed E-state index contributed by atoms with van der Waals surface area (Å²) in [5.41, 5.74) is 0.934. The highest BCUT2D eigenvalue weighted by Crippen LogP contribution is 2.28. The number of rotatable bonds is 7. The van der Waals surface area contributed by atoms with Crippen molar-refractivity contribution in [1.82, 2.24) is 4.90 Å². The standard InChI is InChI=1S/C19H22ClNO4/c1-13(25-16-7-5-6-15(20)11-16)19(22)21(2)12-14-8-9-17(23-3)18(10-14)24-4/h5-11,13H,12H2,1-4H3/t13-/m1/s1. The molecule has 0 aliphatic rings. The Morgan fingerprint density at radius 3 is 2.48 bits per heavy atom. The SMILES string of the molecule is COc1ccc(CN(C)C(=O)[C@@H](C)Oc2cccc(Cl)c2)cc1OC. The molecule has 0 radical (unpaired) electrons. The van der Waals surface area contributed by atoms with Crippen molar-refractivity contribution in [3.8, 4) is 17.2 Å². The topological polar surface area (TPSA) is 48.0 Å². The predicted molar refractivity (Wildman–Crippen MR) is 97.6 cm³/mol. The number of carbonyl (C=O) groups excluding carboxylic acids is 1. The lowest BCUT2D eigenvalue weighted by atomic mass is 10.2. The maximum Gasteiger partial charge on any atom is 0.263 e. The summed E-state index contributed by atoms with van der Waals surface area (Å²) in [5.74, 6) is 1.71. The Hall–Kier alpha value is -2.40. The summed E-state index contributed by atoms with van der Waals surface area (Å²) in [6.45, 7) is 2.15. The summed E-state index contributed by atoms with van der Waals surface area (Å²) in [6, 6.07) is 12.5. The van der Waals surface area contributed by atoms with Gasteiger partial charge in [0, 0.05) is 18.6 Å². The Morgan fingerprint density at radius 1 is 1.12 bits per heavy atom. The first-order chi connectivity index (χ1) is 11.9. The summed E-state index contributed by atoms with van der Waals surface area (Å²) in [7, 11) is 4.90. The average molecular weight is 364 g/mol. The van der Waals surface area contributed by atoms with Crippen LogP contribution in [0.25, 0.3) is 0 Å². The second-order valence-electron chi connectivity index (χ2n) is 5.60. The van der Waals surface area contributed by atoms with E-state index < -0.39 is 6.10 Å². The average Bonchev–Trinajstić information content (AvgIpc) is 2.60. The van der Waals surface area contributed by atoms with E-state index in [1.807, 2.05) is 18.2 Å². The second kappa shape index (κ2) is 8.62. The van der Waals surface area contributed by atoms with Crippen molar-refractivity contribution in [3.05, 3.63) is 53.1 Å². The Morgan fingerprint density at radius 2 is 1.84 bits per heavy atom. The van der Waals surface area contributed by atoms with Crippen LogP contribution in [0.15, 0.2) is 42.5 Å². The van der Waals surface area contributed by atoms with Crippen molar-refractivity contribution in [2.75, 3.05) is 21.3 Å². The number of likely N-dealkylation sites (N-methyl/N-ethyl adjacent to an activating group) is 1. The number of nitrogens with zero attached hydrogens (tertiary/aromatic N) is 1. The van der Waals surface area contributed by atoms with Crippen LogP contribution < -0.4 is 14.2 Å². The fourth-order valence-electron chi connectivity index (χ4n) is 2.44. The monoisotopic (exact) mass is 363 g/mol. The Bertz CT molecular complexity index is 735. The quantitative estimate of drug-likeness (QED) is 0.751. The van der Waals surface area contributed by atoms with Crippen LogP contribution in [0.2, 0.25) is 5.02 Å². The first-order valence-corrected chi connectivity index (χ1v) is 8.20. The number of hydrogen-bond acceptors (Lipinski definition) is 4. The molecule has 0 spiro atoms. The molecule has 6 heteroatoms. The van der Waals surface area contributed by atoms with E-state index in [1.54, 1.807) is 57.4 Å². The van der Waals surface area contributed by atoms with Gasteiger partial charge in [-0.3, -0.25) is 4.79 Å². The molecule has 25 heavy (non-hydrogen) atoms. The Balaban J connectivity index is 2.02.